The van der Waals surface area contributed by atoms with Gasteiger partial charge in [-0.2, -0.15) is 0 Å². The molecule has 0 aromatic heterocycles. The molecule has 0 bridgehead atoms. The minimum absolute atomic E-state index is 0.654. The van der Waals surface area contributed by atoms with Crippen LogP contribution in [0.5, 0.6) is 0 Å². The van der Waals surface area contributed by atoms with Crippen molar-refractivity contribution in [2.24, 2.45) is 0 Å². The van der Waals surface area contributed by atoms with Crippen LogP contribution < -0.4 is 13.2 Å². The van der Waals surface area contributed by atoms with E-state index < -0.39 is 13.3 Å². The van der Waals surface area contributed by atoms with Gasteiger partial charge in [-0.3, -0.25) is 0 Å². The molecule has 1 heteroatoms. The van der Waals surface area contributed by atoms with E-state index in [9.17, 15) is 0 Å². The first kappa shape index (κ1) is 16.4. The number of rotatable bonds is 4. The van der Waals surface area contributed by atoms with E-state index in [0.29, 0.717) is 4.75 Å². The number of hydrogen-bond acceptors (Lipinski definition) is 0. The van der Waals surface area contributed by atoms with Crippen molar-refractivity contribution >= 4 is 26.5 Å². The van der Waals surface area contributed by atoms with E-state index in [4.69, 9.17) is 0 Å². The molecule has 1 atom stereocenters. The van der Waals surface area contributed by atoms with Crippen molar-refractivity contribution in [1.82, 2.24) is 0 Å². The zero-order chi connectivity index (χ0) is 17.0. The minimum atomic E-state index is -2.80. The molecule has 0 aliphatic heterocycles. The molecular formula is C24H24Ge. The monoisotopic (exact) mass is 386 g/mol. The fourth-order valence-corrected chi connectivity index (χ4v) is 16.0. The third kappa shape index (κ3) is 3.00. The first-order valence-corrected chi connectivity index (χ1v) is 13.6. The fraction of sp³-hybridized carbons (Fsp3) is 0.167. The second-order valence-corrected chi connectivity index (χ2v) is 15.5. The van der Waals surface area contributed by atoms with E-state index in [1.807, 2.05) is 0 Å². The van der Waals surface area contributed by atoms with Crippen LogP contribution in [0, 0.1) is 0 Å². The second kappa shape index (κ2) is 7.45. The maximum atomic E-state index is 2.54. The molecule has 0 saturated heterocycles. The van der Waals surface area contributed by atoms with Gasteiger partial charge >= 0.3 is 154 Å². The predicted molar refractivity (Wildman–Crippen MR) is 111 cm³/mol. The zero-order valence-electron chi connectivity index (χ0n) is 14.5. The summed E-state index contributed by atoms with van der Waals surface area (Å²) in [6.07, 6.45) is 8.79. The van der Waals surface area contributed by atoms with Gasteiger partial charge in [-0.05, 0) is 0 Å². The SMILES string of the molecule is C1=C[CH]([Ge]([c]2ccccc2)([c]2ccccc2)[c]2ccccc2)CCC1. The molecule has 1 aliphatic carbocycles. The van der Waals surface area contributed by atoms with Crippen molar-refractivity contribution in [3.8, 4) is 0 Å². The normalized spacial score (nSPS) is 17.4. The molecule has 3 aromatic carbocycles. The van der Waals surface area contributed by atoms with Crippen LogP contribution in [0.2, 0.25) is 4.75 Å². The van der Waals surface area contributed by atoms with Crippen LogP contribution in [-0.2, 0) is 0 Å². The summed E-state index contributed by atoms with van der Waals surface area (Å²) in [5, 5.41) is 0. The molecule has 0 saturated carbocycles. The molecule has 124 valence electrons. The molecule has 0 nitrogen and oxygen atoms in total. The van der Waals surface area contributed by atoms with Crippen LogP contribution in [0.3, 0.4) is 0 Å². The Hall–Kier alpha value is -2.06. The van der Waals surface area contributed by atoms with Gasteiger partial charge in [-0.1, -0.05) is 0 Å². The van der Waals surface area contributed by atoms with E-state index >= 15 is 0 Å². The molecule has 0 N–H and O–H groups in total. The van der Waals surface area contributed by atoms with Crippen molar-refractivity contribution in [3.05, 3.63) is 103 Å². The van der Waals surface area contributed by atoms with E-state index in [2.05, 4.69) is 103 Å². The van der Waals surface area contributed by atoms with Gasteiger partial charge in [-0.25, -0.2) is 0 Å². The standard InChI is InChI=1S/C24H24Ge/c1-5-13-21(14-6-1)25(22-15-7-2-8-16-22,23-17-9-3-10-18-23)24-19-11-4-12-20-24/h1-3,5-11,13-19,24H,4,12,20H2. The molecule has 1 aliphatic rings. The molecule has 0 spiro atoms. The molecule has 3 aromatic rings. The Balaban J connectivity index is 2.04. The Bertz CT molecular complexity index is 725. The Morgan fingerprint density at radius 1 is 0.600 bits per heavy atom. The van der Waals surface area contributed by atoms with Crippen molar-refractivity contribution in [2.45, 2.75) is 24.0 Å². The summed E-state index contributed by atoms with van der Waals surface area (Å²) in [6.45, 7) is 0. The Kier molecular flexibility index (Phi) is 4.89. The van der Waals surface area contributed by atoms with Crippen molar-refractivity contribution < 1.29 is 0 Å². The van der Waals surface area contributed by atoms with Gasteiger partial charge in [0.2, 0.25) is 0 Å². The molecule has 25 heavy (non-hydrogen) atoms. The zero-order valence-corrected chi connectivity index (χ0v) is 16.6. The van der Waals surface area contributed by atoms with Gasteiger partial charge in [-0.15, -0.1) is 0 Å². The summed E-state index contributed by atoms with van der Waals surface area (Å²) >= 11 is -2.80. The molecule has 0 heterocycles. The van der Waals surface area contributed by atoms with E-state index in [1.165, 1.54) is 19.3 Å². The molecular weight excluding hydrogens is 361 g/mol. The summed E-state index contributed by atoms with van der Waals surface area (Å²) in [6, 6.07) is 34.0. The topological polar surface area (TPSA) is 0 Å². The van der Waals surface area contributed by atoms with Gasteiger partial charge in [0.05, 0.1) is 0 Å². The third-order valence-corrected chi connectivity index (χ3v) is 16.7. The molecule has 0 fully saturated rings. The van der Waals surface area contributed by atoms with Gasteiger partial charge < -0.3 is 0 Å². The Morgan fingerprint density at radius 2 is 1.04 bits per heavy atom. The number of hydrogen-bond donors (Lipinski definition) is 0. The average Bonchev–Trinajstić information content (AvgIpc) is 2.72. The quantitative estimate of drug-likeness (QED) is 0.465. The Labute approximate surface area is 153 Å². The third-order valence-electron chi connectivity index (χ3n) is 5.50. The summed E-state index contributed by atoms with van der Waals surface area (Å²) < 4.78 is 5.35. The average molecular weight is 385 g/mol. The van der Waals surface area contributed by atoms with Crippen LogP contribution in [0.15, 0.2) is 103 Å². The number of benzene rings is 3. The molecule has 1 unspecified atom stereocenters. The molecule has 0 amide bonds. The first-order chi connectivity index (χ1) is 12.4. The summed E-state index contributed by atoms with van der Waals surface area (Å²) in [7, 11) is 0. The second-order valence-electron chi connectivity index (χ2n) is 6.87. The van der Waals surface area contributed by atoms with Gasteiger partial charge in [0, 0.05) is 0 Å². The number of allylic oxidation sites excluding steroid dienone is 2. The first-order valence-electron chi connectivity index (χ1n) is 9.25. The van der Waals surface area contributed by atoms with Crippen LogP contribution in [0.4, 0.5) is 0 Å². The van der Waals surface area contributed by atoms with Crippen LogP contribution in [0.25, 0.3) is 0 Å². The predicted octanol–water partition coefficient (Wildman–Crippen LogP) is 4.27. The molecule has 4 rings (SSSR count). The summed E-state index contributed by atoms with van der Waals surface area (Å²) in [4.78, 5) is 0. The summed E-state index contributed by atoms with van der Waals surface area (Å²) in [5.41, 5.74) is 0. The van der Waals surface area contributed by atoms with Gasteiger partial charge in [0.1, 0.15) is 0 Å². The van der Waals surface area contributed by atoms with E-state index in [-0.39, 0.29) is 0 Å². The van der Waals surface area contributed by atoms with Crippen molar-refractivity contribution in [2.75, 3.05) is 0 Å². The van der Waals surface area contributed by atoms with Crippen LogP contribution in [-0.4, -0.2) is 13.3 Å². The van der Waals surface area contributed by atoms with E-state index in [1.54, 1.807) is 13.2 Å². The van der Waals surface area contributed by atoms with Crippen LogP contribution >= 0.6 is 0 Å². The van der Waals surface area contributed by atoms with Crippen LogP contribution in [0.1, 0.15) is 19.3 Å². The van der Waals surface area contributed by atoms with Gasteiger partial charge in [0.15, 0.2) is 0 Å². The van der Waals surface area contributed by atoms with Crippen molar-refractivity contribution in [1.29, 1.82) is 0 Å². The fourth-order valence-electron chi connectivity index (χ4n) is 4.42. The summed E-state index contributed by atoms with van der Waals surface area (Å²) in [5.74, 6) is 0. The van der Waals surface area contributed by atoms with Crippen molar-refractivity contribution in [3.63, 3.8) is 0 Å². The van der Waals surface area contributed by atoms with Gasteiger partial charge in [0.25, 0.3) is 0 Å². The Morgan fingerprint density at radius 3 is 1.40 bits per heavy atom. The van der Waals surface area contributed by atoms with E-state index in [0.717, 1.165) is 0 Å². The maximum absolute atomic E-state index is 2.80. The molecule has 0 radical (unpaired) electrons.